The Hall–Kier alpha value is -0.880. The molecular formula is C10H15NO3S2. The zero-order valence-corrected chi connectivity index (χ0v) is 11.2. The Morgan fingerprint density at radius 3 is 2.50 bits per heavy atom. The van der Waals surface area contributed by atoms with Gasteiger partial charge in [-0.05, 0) is 26.3 Å². The Balaban J connectivity index is 2.85. The van der Waals surface area contributed by atoms with E-state index >= 15 is 0 Å². The molecule has 1 rings (SSSR count). The predicted molar refractivity (Wildman–Crippen MR) is 65.3 cm³/mol. The number of aryl methyl sites for hydroxylation is 2. The quantitative estimate of drug-likeness (QED) is 0.899. The molecule has 6 heteroatoms. The van der Waals surface area contributed by atoms with Gasteiger partial charge in [0.25, 0.3) is 5.91 Å². The van der Waals surface area contributed by atoms with Crippen LogP contribution in [0.3, 0.4) is 0 Å². The number of nitrogens with one attached hydrogen (secondary N) is 1. The van der Waals surface area contributed by atoms with Crippen LogP contribution in [0.15, 0.2) is 6.07 Å². The number of sulfonamides is 1. The molecule has 0 aliphatic rings. The first kappa shape index (κ1) is 13.2. The normalized spacial score (nSPS) is 11.4. The summed E-state index contributed by atoms with van der Waals surface area (Å²) in [6.45, 7) is 5.44. The molecule has 0 saturated heterocycles. The van der Waals surface area contributed by atoms with Crippen molar-refractivity contribution in [1.82, 2.24) is 4.72 Å². The summed E-state index contributed by atoms with van der Waals surface area (Å²) in [7, 11) is -3.48. The van der Waals surface area contributed by atoms with Crippen LogP contribution in [0.4, 0.5) is 0 Å². The first-order valence-electron chi connectivity index (χ1n) is 4.97. The molecule has 0 aromatic carbocycles. The van der Waals surface area contributed by atoms with Crippen molar-refractivity contribution in [3.8, 4) is 0 Å². The SMILES string of the molecule is CCCS(=O)(=O)NC(=O)c1cc(C)sc1C. The molecular weight excluding hydrogens is 246 g/mol. The van der Waals surface area contributed by atoms with E-state index in [1.807, 2.05) is 6.92 Å². The van der Waals surface area contributed by atoms with E-state index in [0.717, 1.165) is 9.75 Å². The van der Waals surface area contributed by atoms with E-state index in [0.29, 0.717) is 12.0 Å². The van der Waals surface area contributed by atoms with Crippen molar-refractivity contribution in [2.45, 2.75) is 27.2 Å². The van der Waals surface area contributed by atoms with Gasteiger partial charge in [0.15, 0.2) is 0 Å². The van der Waals surface area contributed by atoms with Gasteiger partial charge in [0.1, 0.15) is 0 Å². The maximum Gasteiger partial charge on any atom is 0.265 e. The van der Waals surface area contributed by atoms with Crippen molar-refractivity contribution < 1.29 is 13.2 Å². The van der Waals surface area contributed by atoms with Crippen molar-refractivity contribution in [2.75, 3.05) is 5.75 Å². The van der Waals surface area contributed by atoms with E-state index < -0.39 is 15.9 Å². The first-order chi connectivity index (χ1) is 7.35. The largest absolute Gasteiger partial charge is 0.268 e. The van der Waals surface area contributed by atoms with Crippen molar-refractivity contribution in [3.05, 3.63) is 21.4 Å². The fourth-order valence-corrected chi connectivity index (χ4v) is 3.33. The maximum atomic E-state index is 11.7. The summed E-state index contributed by atoms with van der Waals surface area (Å²) in [5, 5.41) is 0. The van der Waals surface area contributed by atoms with Gasteiger partial charge in [0, 0.05) is 9.75 Å². The highest BCUT2D eigenvalue weighted by Gasteiger charge is 2.17. The van der Waals surface area contributed by atoms with Gasteiger partial charge in [0.2, 0.25) is 10.0 Å². The fourth-order valence-electron chi connectivity index (χ4n) is 1.37. The van der Waals surface area contributed by atoms with Crippen LogP contribution in [0.25, 0.3) is 0 Å². The van der Waals surface area contributed by atoms with Crippen molar-refractivity contribution in [3.63, 3.8) is 0 Å². The molecule has 0 atom stereocenters. The monoisotopic (exact) mass is 261 g/mol. The summed E-state index contributed by atoms with van der Waals surface area (Å²) in [6.07, 6.45) is 0.490. The Kier molecular flexibility index (Phi) is 4.09. The van der Waals surface area contributed by atoms with Gasteiger partial charge in [-0.1, -0.05) is 6.92 Å². The molecule has 1 heterocycles. The average Bonchev–Trinajstić information content (AvgIpc) is 2.44. The number of carbonyl (C=O) groups excluding carboxylic acids is 1. The fraction of sp³-hybridized carbons (Fsp3) is 0.500. The lowest BCUT2D eigenvalue weighted by Gasteiger charge is -2.04. The minimum absolute atomic E-state index is 0.0269. The summed E-state index contributed by atoms with van der Waals surface area (Å²) in [5.74, 6) is -0.559. The van der Waals surface area contributed by atoms with Crippen molar-refractivity contribution in [2.24, 2.45) is 0 Å². The van der Waals surface area contributed by atoms with Gasteiger partial charge in [-0.2, -0.15) is 0 Å². The Labute approximate surface area is 99.7 Å². The molecule has 0 saturated carbocycles. The van der Waals surface area contributed by atoms with Gasteiger partial charge in [0.05, 0.1) is 11.3 Å². The molecule has 16 heavy (non-hydrogen) atoms. The first-order valence-corrected chi connectivity index (χ1v) is 7.44. The molecule has 1 amide bonds. The van der Waals surface area contributed by atoms with Crippen LogP contribution < -0.4 is 4.72 Å². The van der Waals surface area contributed by atoms with E-state index in [2.05, 4.69) is 4.72 Å². The minimum Gasteiger partial charge on any atom is -0.268 e. The second-order valence-corrected chi connectivity index (χ2v) is 6.88. The van der Waals surface area contributed by atoms with Crippen LogP contribution in [0.2, 0.25) is 0 Å². The van der Waals surface area contributed by atoms with Crippen LogP contribution >= 0.6 is 11.3 Å². The van der Waals surface area contributed by atoms with Gasteiger partial charge in [-0.3, -0.25) is 4.79 Å². The minimum atomic E-state index is -3.48. The molecule has 0 fully saturated rings. The van der Waals surface area contributed by atoms with Gasteiger partial charge in [-0.25, -0.2) is 13.1 Å². The van der Waals surface area contributed by atoms with E-state index in [-0.39, 0.29) is 5.75 Å². The number of carbonyl (C=O) groups is 1. The lowest BCUT2D eigenvalue weighted by Crippen LogP contribution is -2.32. The number of amides is 1. The van der Waals surface area contributed by atoms with E-state index in [4.69, 9.17) is 0 Å². The number of hydrogen-bond acceptors (Lipinski definition) is 4. The topological polar surface area (TPSA) is 63.2 Å². The average molecular weight is 261 g/mol. The highest BCUT2D eigenvalue weighted by molar-refractivity contribution is 7.90. The molecule has 0 aliphatic carbocycles. The standard InChI is InChI=1S/C10H15NO3S2/c1-4-5-16(13,14)11-10(12)9-6-7(2)15-8(9)3/h6H,4-5H2,1-3H3,(H,11,12). The van der Waals surface area contributed by atoms with Crippen LogP contribution in [-0.2, 0) is 10.0 Å². The number of rotatable bonds is 4. The maximum absolute atomic E-state index is 11.7. The molecule has 0 spiro atoms. The highest BCUT2D eigenvalue weighted by Crippen LogP contribution is 2.20. The summed E-state index contributed by atoms with van der Waals surface area (Å²) in [4.78, 5) is 13.5. The predicted octanol–water partition coefficient (Wildman–Crippen LogP) is 1.83. The Bertz CT molecular complexity index is 488. The molecule has 0 aliphatic heterocycles. The zero-order chi connectivity index (χ0) is 12.3. The second-order valence-electron chi connectivity index (χ2n) is 3.58. The number of thiophene rings is 1. The summed E-state index contributed by atoms with van der Waals surface area (Å²) in [6, 6.07) is 1.71. The van der Waals surface area contributed by atoms with Gasteiger partial charge < -0.3 is 0 Å². The van der Waals surface area contributed by atoms with Crippen LogP contribution in [0.1, 0.15) is 33.5 Å². The van der Waals surface area contributed by atoms with Gasteiger partial charge >= 0.3 is 0 Å². The molecule has 0 unspecified atom stereocenters. The third kappa shape index (κ3) is 3.31. The molecule has 90 valence electrons. The highest BCUT2D eigenvalue weighted by atomic mass is 32.2. The van der Waals surface area contributed by atoms with E-state index in [1.165, 1.54) is 11.3 Å². The molecule has 1 N–H and O–H groups in total. The molecule has 4 nitrogen and oxygen atoms in total. The smallest absolute Gasteiger partial charge is 0.265 e. The van der Waals surface area contributed by atoms with Crippen LogP contribution in [-0.4, -0.2) is 20.1 Å². The summed E-state index contributed by atoms with van der Waals surface area (Å²) in [5.41, 5.74) is 0.446. The Morgan fingerprint density at radius 2 is 2.06 bits per heavy atom. The lowest BCUT2D eigenvalue weighted by atomic mass is 10.2. The molecule has 1 aromatic heterocycles. The Morgan fingerprint density at radius 1 is 1.44 bits per heavy atom. The molecule has 0 radical (unpaired) electrons. The number of hydrogen-bond donors (Lipinski definition) is 1. The molecule has 0 bridgehead atoms. The zero-order valence-electron chi connectivity index (χ0n) is 9.53. The summed E-state index contributed by atoms with van der Waals surface area (Å²) >= 11 is 1.48. The van der Waals surface area contributed by atoms with Crippen LogP contribution in [0, 0.1) is 13.8 Å². The van der Waals surface area contributed by atoms with Crippen LogP contribution in [0.5, 0.6) is 0 Å². The summed E-state index contributed by atoms with van der Waals surface area (Å²) < 4.78 is 24.9. The van der Waals surface area contributed by atoms with Crippen molar-refractivity contribution in [1.29, 1.82) is 0 Å². The van der Waals surface area contributed by atoms with E-state index in [1.54, 1.807) is 19.9 Å². The van der Waals surface area contributed by atoms with E-state index in [9.17, 15) is 13.2 Å². The van der Waals surface area contributed by atoms with Gasteiger partial charge in [-0.15, -0.1) is 11.3 Å². The third-order valence-corrected chi connectivity index (χ3v) is 4.41. The lowest BCUT2D eigenvalue weighted by molar-refractivity contribution is 0.0981. The van der Waals surface area contributed by atoms with Crippen molar-refractivity contribution >= 4 is 27.3 Å². The second kappa shape index (κ2) is 4.97. The molecule has 1 aromatic rings. The third-order valence-electron chi connectivity index (χ3n) is 2.01.